The van der Waals surface area contributed by atoms with Crippen LogP contribution in [0.4, 0.5) is 18.9 Å². The van der Waals surface area contributed by atoms with E-state index in [9.17, 15) is 18.0 Å². The van der Waals surface area contributed by atoms with Crippen LogP contribution in [0.2, 0.25) is 0 Å². The number of ether oxygens (including phenoxy) is 1. The summed E-state index contributed by atoms with van der Waals surface area (Å²) in [5.74, 6) is -0.887. The van der Waals surface area contributed by atoms with Gasteiger partial charge in [-0.2, -0.15) is 13.2 Å². The van der Waals surface area contributed by atoms with Crippen molar-refractivity contribution in [2.45, 2.75) is 12.8 Å². The van der Waals surface area contributed by atoms with E-state index in [2.05, 4.69) is 0 Å². The molecule has 0 amide bonds. The Balaban J connectivity index is 2.15. The second-order valence-electron chi connectivity index (χ2n) is 4.36. The van der Waals surface area contributed by atoms with Crippen LogP contribution in [-0.4, -0.2) is 5.97 Å². The number of nitrogens with two attached hydrogens (primary N) is 1. The van der Waals surface area contributed by atoms with E-state index in [1.807, 2.05) is 0 Å². The molecule has 0 aliphatic heterocycles. The quantitative estimate of drug-likeness (QED) is 0.694. The lowest BCUT2D eigenvalue weighted by atomic mass is 10.1. The molecule has 0 heterocycles. The third-order valence-corrected chi connectivity index (χ3v) is 2.81. The smallest absolute Gasteiger partial charge is 0.416 e. The van der Waals surface area contributed by atoms with Gasteiger partial charge in [0, 0.05) is 5.69 Å². The van der Waals surface area contributed by atoms with Gasteiger partial charge in [0.05, 0.1) is 11.1 Å². The number of carbonyl (C=O) groups is 1. The molecule has 2 N–H and O–H groups in total. The van der Waals surface area contributed by atoms with Crippen molar-refractivity contribution in [3.8, 4) is 0 Å². The van der Waals surface area contributed by atoms with E-state index in [0.29, 0.717) is 6.07 Å². The number of hydrogen-bond donors (Lipinski definition) is 1. The second kappa shape index (κ2) is 5.87. The predicted octanol–water partition coefficient (Wildman–Crippen LogP) is 3.64. The zero-order chi connectivity index (χ0) is 15.5. The Morgan fingerprint density at radius 3 is 2.38 bits per heavy atom. The van der Waals surface area contributed by atoms with Crippen LogP contribution >= 0.6 is 0 Å². The van der Waals surface area contributed by atoms with Gasteiger partial charge < -0.3 is 10.5 Å². The van der Waals surface area contributed by atoms with Crippen LogP contribution in [0, 0.1) is 0 Å². The van der Waals surface area contributed by atoms with E-state index in [1.165, 1.54) is 0 Å². The summed E-state index contributed by atoms with van der Waals surface area (Å²) in [7, 11) is 0. The Morgan fingerprint density at radius 2 is 1.76 bits per heavy atom. The van der Waals surface area contributed by atoms with Gasteiger partial charge in [-0.15, -0.1) is 0 Å². The maximum absolute atomic E-state index is 12.6. The van der Waals surface area contributed by atoms with Crippen molar-refractivity contribution in [2.75, 3.05) is 5.73 Å². The molecule has 0 atom stereocenters. The van der Waals surface area contributed by atoms with E-state index in [-0.39, 0.29) is 17.9 Å². The fraction of sp³-hybridized carbons (Fsp3) is 0.133. The first-order valence-corrected chi connectivity index (χ1v) is 6.05. The van der Waals surface area contributed by atoms with Gasteiger partial charge in [0.25, 0.3) is 0 Å². The molecular formula is C15H12F3NO2. The van der Waals surface area contributed by atoms with Gasteiger partial charge in [0.2, 0.25) is 0 Å². The summed E-state index contributed by atoms with van der Waals surface area (Å²) in [5.41, 5.74) is 4.98. The number of halogens is 3. The molecule has 6 heteroatoms. The summed E-state index contributed by atoms with van der Waals surface area (Å²) in [4.78, 5) is 11.8. The molecule has 0 aliphatic carbocycles. The van der Waals surface area contributed by atoms with Crippen molar-refractivity contribution in [1.82, 2.24) is 0 Å². The standard InChI is InChI=1S/C15H12F3NO2/c16-15(17,18)11-6-7-13(19)12(8-11)14(20)21-9-10-4-2-1-3-5-10/h1-8H,9,19H2. The Hall–Kier alpha value is -2.50. The average Bonchev–Trinajstić information content (AvgIpc) is 2.45. The van der Waals surface area contributed by atoms with Gasteiger partial charge in [-0.1, -0.05) is 30.3 Å². The topological polar surface area (TPSA) is 52.3 Å². The zero-order valence-electron chi connectivity index (χ0n) is 10.9. The molecule has 0 spiro atoms. The van der Waals surface area contributed by atoms with E-state index in [1.54, 1.807) is 30.3 Å². The molecule has 0 aromatic heterocycles. The normalized spacial score (nSPS) is 11.2. The van der Waals surface area contributed by atoms with Crippen molar-refractivity contribution in [2.24, 2.45) is 0 Å². The molecule has 0 saturated carbocycles. The molecule has 0 aliphatic rings. The number of alkyl halides is 3. The molecule has 0 bridgehead atoms. The van der Waals surface area contributed by atoms with Crippen molar-refractivity contribution < 1.29 is 22.7 Å². The largest absolute Gasteiger partial charge is 0.457 e. The van der Waals surface area contributed by atoms with Crippen molar-refractivity contribution in [3.63, 3.8) is 0 Å². The number of nitrogen functional groups attached to an aromatic ring is 1. The van der Waals surface area contributed by atoms with E-state index in [0.717, 1.165) is 17.7 Å². The fourth-order valence-corrected chi connectivity index (χ4v) is 1.71. The van der Waals surface area contributed by atoms with Gasteiger partial charge in [-0.25, -0.2) is 4.79 Å². The minimum absolute atomic E-state index is 0.0324. The van der Waals surface area contributed by atoms with E-state index in [4.69, 9.17) is 10.5 Å². The van der Waals surface area contributed by atoms with Crippen LogP contribution in [0.1, 0.15) is 21.5 Å². The highest BCUT2D eigenvalue weighted by molar-refractivity contribution is 5.95. The zero-order valence-corrected chi connectivity index (χ0v) is 10.9. The van der Waals surface area contributed by atoms with Crippen LogP contribution in [0.25, 0.3) is 0 Å². The van der Waals surface area contributed by atoms with Crippen LogP contribution in [-0.2, 0) is 17.5 Å². The summed E-state index contributed by atoms with van der Waals surface area (Å²) in [6.07, 6.45) is -4.54. The van der Waals surface area contributed by atoms with Gasteiger partial charge >= 0.3 is 12.1 Å². The van der Waals surface area contributed by atoms with Crippen LogP contribution in [0.3, 0.4) is 0 Å². The molecule has 0 radical (unpaired) electrons. The van der Waals surface area contributed by atoms with Gasteiger partial charge in [-0.3, -0.25) is 0 Å². The highest BCUT2D eigenvalue weighted by Gasteiger charge is 2.31. The fourth-order valence-electron chi connectivity index (χ4n) is 1.71. The summed E-state index contributed by atoms with van der Waals surface area (Å²) in [6, 6.07) is 11.4. The first-order chi connectivity index (χ1) is 9.88. The summed E-state index contributed by atoms with van der Waals surface area (Å²) >= 11 is 0. The highest BCUT2D eigenvalue weighted by atomic mass is 19.4. The summed E-state index contributed by atoms with van der Waals surface area (Å²) in [5, 5.41) is 0. The third kappa shape index (κ3) is 3.75. The second-order valence-corrected chi connectivity index (χ2v) is 4.36. The maximum atomic E-state index is 12.6. The molecule has 21 heavy (non-hydrogen) atoms. The van der Waals surface area contributed by atoms with Gasteiger partial charge in [0.1, 0.15) is 6.61 Å². The van der Waals surface area contributed by atoms with Crippen molar-refractivity contribution in [1.29, 1.82) is 0 Å². The Kier molecular flexibility index (Phi) is 4.16. The molecular weight excluding hydrogens is 283 g/mol. The molecule has 0 fully saturated rings. The lowest BCUT2D eigenvalue weighted by Crippen LogP contribution is -2.12. The lowest BCUT2D eigenvalue weighted by Gasteiger charge is -2.11. The molecule has 3 nitrogen and oxygen atoms in total. The van der Waals surface area contributed by atoms with Crippen LogP contribution in [0.5, 0.6) is 0 Å². The van der Waals surface area contributed by atoms with Crippen molar-refractivity contribution in [3.05, 3.63) is 65.2 Å². The van der Waals surface area contributed by atoms with Crippen molar-refractivity contribution >= 4 is 11.7 Å². The Labute approximate surface area is 119 Å². The number of benzene rings is 2. The minimum Gasteiger partial charge on any atom is -0.457 e. The number of esters is 1. The molecule has 2 aromatic rings. The minimum atomic E-state index is -4.54. The molecule has 2 rings (SSSR count). The SMILES string of the molecule is Nc1ccc(C(F)(F)F)cc1C(=O)OCc1ccccc1. The molecule has 2 aromatic carbocycles. The average molecular weight is 295 g/mol. The van der Waals surface area contributed by atoms with Gasteiger partial charge in [0.15, 0.2) is 0 Å². The lowest BCUT2D eigenvalue weighted by molar-refractivity contribution is -0.137. The van der Waals surface area contributed by atoms with E-state index < -0.39 is 17.7 Å². The first kappa shape index (κ1) is 14.9. The molecule has 0 unspecified atom stereocenters. The maximum Gasteiger partial charge on any atom is 0.416 e. The summed E-state index contributed by atoms with van der Waals surface area (Å²) in [6.45, 7) is -0.0324. The predicted molar refractivity (Wildman–Crippen MR) is 71.4 cm³/mol. The van der Waals surface area contributed by atoms with Crippen LogP contribution < -0.4 is 5.73 Å². The monoisotopic (exact) mass is 295 g/mol. The Morgan fingerprint density at radius 1 is 1.10 bits per heavy atom. The van der Waals surface area contributed by atoms with Crippen LogP contribution in [0.15, 0.2) is 48.5 Å². The number of carbonyl (C=O) groups excluding carboxylic acids is 1. The number of rotatable bonds is 3. The Bertz CT molecular complexity index is 639. The number of anilines is 1. The summed E-state index contributed by atoms with van der Waals surface area (Å²) < 4.78 is 42.8. The first-order valence-electron chi connectivity index (χ1n) is 6.05. The van der Waals surface area contributed by atoms with Gasteiger partial charge in [-0.05, 0) is 23.8 Å². The molecule has 0 saturated heterocycles. The third-order valence-electron chi connectivity index (χ3n) is 2.81. The number of hydrogen-bond acceptors (Lipinski definition) is 3. The molecule has 110 valence electrons. The highest BCUT2D eigenvalue weighted by Crippen LogP contribution is 2.31. The van der Waals surface area contributed by atoms with E-state index >= 15 is 0 Å².